The highest BCUT2D eigenvalue weighted by molar-refractivity contribution is 7.09. The first kappa shape index (κ1) is 9.12. The Kier molecular flexibility index (Phi) is 2.62. The van der Waals surface area contributed by atoms with E-state index in [0.29, 0.717) is 0 Å². The van der Waals surface area contributed by atoms with Crippen molar-refractivity contribution in [3.05, 3.63) is 16.1 Å². The number of hydrazine groups is 1. The van der Waals surface area contributed by atoms with E-state index in [4.69, 9.17) is 5.84 Å². The van der Waals surface area contributed by atoms with Crippen molar-refractivity contribution in [2.45, 2.75) is 32.2 Å². The molecule has 0 amide bonds. The Hall–Kier alpha value is -0.450. The lowest BCUT2D eigenvalue weighted by molar-refractivity contribution is 0.478. The number of aromatic nitrogens is 1. The number of rotatable bonds is 4. The summed E-state index contributed by atoms with van der Waals surface area (Å²) in [4.78, 5) is 4.44. The highest BCUT2D eigenvalue weighted by Gasteiger charge is 2.26. The molecule has 1 unspecified atom stereocenters. The van der Waals surface area contributed by atoms with E-state index in [9.17, 15) is 0 Å². The van der Waals surface area contributed by atoms with Gasteiger partial charge in [0.2, 0.25) is 0 Å². The van der Waals surface area contributed by atoms with Crippen LogP contribution in [-0.2, 0) is 0 Å². The average Bonchev–Trinajstić information content (AvgIpc) is 2.84. The van der Waals surface area contributed by atoms with Gasteiger partial charge in [0, 0.05) is 5.38 Å². The smallest absolute Gasteiger partial charge is 0.0898 e. The van der Waals surface area contributed by atoms with E-state index in [1.165, 1.54) is 12.8 Å². The summed E-state index contributed by atoms with van der Waals surface area (Å²) in [6.45, 7) is 2.03. The molecule has 72 valence electrons. The Morgan fingerprint density at radius 2 is 2.54 bits per heavy atom. The summed E-state index contributed by atoms with van der Waals surface area (Å²) in [5.74, 6) is 6.38. The lowest BCUT2D eigenvalue weighted by atomic mass is 10.1. The van der Waals surface area contributed by atoms with E-state index in [1.807, 2.05) is 6.92 Å². The molecule has 1 heterocycles. The van der Waals surface area contributed by atoms with Gasteiger partial charge in [0.05, 0.1) is 16.7 Å². The van der Waals surface area contributed by atoms with Crippen LogP contribution in [0.25, 0.3) is 0 Å². The van der Waals surface area contributed by atoms with Gasteiger partial charge in [-0.25, -0.2) is 4.98 Å². The quantitative estimate of drug-likeness (QED) is 0.571. The van der Waals surface area contributed by atoms with E-state index < -0.39 is 0 Å². The molecule has 2 rings (SSSR count). The van der Waals surface area contributed by atoms with E-state index >= 15 is 0 Å². The van der Waals surface area contributed by atoms with Crippen molar-refractivity contribution in [3.8, 4) is 0 Å². The lowest BCUT2D eigenvalue weighted by Gasteiger charge is -2.12. The Bertz CT molecular complexity index is 280. The predicted molar refractivity (Wildman–Crippen MR) is 54.3 cm³/mol. The summed E-state index contributed by atoms with van der Waals surface area (Å²) >= 11 is 1.69. The molecule has 0 aromatic carbocycles. The third kappa shape index (κ3) is 2.27. The SMILES string of the molecule is Cc1nc(C(CC2CC2)NN)cs1. The minimum Gasteiger partial charge on any atom is -0.271 e. The maximum Gasteiger partial charge on any atom is 0.0898 e. The highest BCUT2D eigenvalue weighted by atomic mass is 32.1. The number of nitrogens with two attached hydrogens (primary N) is 1. The first-order chi connectivity index (χ1) is 6.29. The van der Waals surface area contributed by atoms with E-state index in [2.05, 4.69) is 15.8 Å². The normalized spacial score (nSPS) is 18.9. The maximum atomic E-state index is 5.50. The van der Waals surface area contributed by atoms with Crippen LogP contribution in [0.5, 0.6) is 0 Å². The summed E-state index contributed by atoms with van der Waals surface area (Å²) in [5.41, 5.74) is 3.96. The molecule has 1 aliphatic carbocycles. The average molecular weight is 197 g/mol. The van der Waals surface area contributed by atoms with Crippen LogP contribution in [-0.4, -0.2) is 4.98 Å². The van der Waals surface area contributed by atoms with E-state index in [1.54, 1.807) is 11.3 Å². The van der Waals surface area contributed by atoms with Crippen LogP contribution in [0.15, 0.2) is 5.38 Å². The number of aryl methyl sites for hydroxylation is 1. The standard InChI is InChI=1S/C9H15N3S/c1-6-11-9(5-13-6)8(12-10)4-7-2-3-7/h5,7-8,12H,2-4,10H2,1H3. The Morgan fingerprint density at radius 1 is 1.77 bits per heavy atom. The second-order valence-electron chi connectivity index (χ2n) is 3.69. The van der Waals surface area contributed by atoms with Crippen LogP contribution < -0.4 is 11.3 Å². The Labute approximate surface area is 82.3 Å². The molecule has 1 aromatic heterocycles. The topological polar surface area (TPSA) is 50.9 Å². The zero-order valence-corrected chi connectivity index (χ0v) is 8.60. The van der Waals surface area contributed by atoms with Crippen molar-refractivity contribution in [3.63, 3.8) is 0 Å². The first-order valence-corrected chi connectivity index (χ1v) is 5.55. The molecule has 3 nitrogen and oxygen atoms in total. The van der Waals surface area contributed by atoms with Crippen LogP contribution in [0.4, 0.5) is 0 Å². The molecule has 13 heavy (non-hydrogen) atoms. The van der Waals surface area contributed by atoms with Gasteiger partial charge in [0.1, 0.15) is 0 Å². The van der Waals surface area contributed by atoms with E-state index in [-0.39, 0.29) is 6.04 Å². The summed E-state index contributed by atoms with van der Waals surface area (Å²) in [5, 5.41) is 3.22. The largest absolute Gasteiger partial charge is 0.271 e. The number of thiazole rings is 1. The zero-order valence-electron chi connectivity index (χ0n) is 7.79. The number of hydrogen-bond acceptors (Lipinski definition) is 4. The van der Waals surface area contributed by atoms with Crippen molar-refractivity contribution < 1.29 is 0 Å². The van der Waals surface area contributed by atoms with Crippen LogP contribution in [0.1, 0.15) is 36.0 Å². The molecule has 0 aliphatic heterocycles. The van der Waals surface area contributed by atoms with Gasteiger partial charge in [-0.15, -0.1) is 11.3 Å². The Balaban J connectivity index is 2.01. The van der Waals surface area contributed by atoms with Gasteiger partial charge < -0.3 is 0 Å². The second-order valence-corrected chi connectivity index (χ2v) is 4.75. The van der Waals surface area contributed by atoms with Crippen LogP contribution in [0, 0.1) is 12.8 Å². The summed E-state index contributed by atoms with van der Waals surface area (Å²) in [7, 11) is 0. The van der Waals surface area contributed by atoms with Crippen molar-refractivity contribution >= 4 is 11.3 Å². The van der Waals surface area contributed by atoms with Crippen molar-refractivity contribution in [1.82, 2.24) is 10.4 Å². The molecule has 0 radical (unpaired) electrons. The molecule has 3 N–H and O–H groups in total. The van der Waals surface area contributed by atoms with Crippen LogP contribution in [0.3, 0.4) is 0 Å². The van der Waals surface area contributed by atoms with Gasteiger partial charge in [-0.05, 0) is 19.3 Å². The number of nitrogens with one attached hydrogen (secondary N) is 1. The van der Waals surface area contributed by atoms with E-state index in [0.717, 1.165) is 23.0 Å². The van der Waals surface area contributed by atoms with Gasteiger partial charge in [0.25, 0.3) is 0 Å². The molecular formula is C9H15N3S. The number of nitrogens with zero attached hydrogens (tertiary/aromatic N) is 1. The minimum absolute atomic E-state index is 0.262. The molecule has 0 bridgehead atoms. The summed E-state index contributed by atoms with van der Waals surface area (Å²) < 4.78 is 0. The zero-order chi connectivity index (χ0) is 9.26. The minimum atomic E-state index is 0.262. The number of hydrogen-bond donors (Lipinski definition) is 2. The molecule has 4 heteroatoms. The predicted octanol–water partition coefficient (Wildman–Crippen LogP) is 1.76. The van der Waals surface area contributed by atoms with Gasteiger partial charge in [-0.1, -0.05) is 12.8 Å². The van der Waals surface area contributed by atoms with Gasteiger partial charge >= 0.3 is 0 Å². The molecular weight excluding hydrogens is 182 g/mol. The fraction of sp³-hybridized carbons (Fsp3) is 0.667. The second kappa shape index (κ2) is 3.74. The third-order valence-electron chi connectivity index (χ3n) is 2.46. The molecule has 1 fully saturated rings. The van der Waals surface area contributed by atoms with Crippen molar-refractivity contribution in [1.29, 1.82) is 0 Å². The highest BCUT2D eigenvalue weighted by Crippen LogP contribution is 2.37. The van der Waals surface area contributed by atoms with Crippen LogP contribution in [0.2, 0.25) is 0 Å². The maximum absolute atomic E-state index is 5.50. The molecule has 0 spiro atoms. The van der Waals surface area contributed by atoms with Gasteiger partial charge in [-0.2, -0.15) is 0 Å². The molecule has 1 atom stereocenters. The summed E-state index contributed by atoms with van der Waals surface area (Å²) in [6.07, 6.45) is 3.86. The molecule has 1 saturated carbocycles. The molecule has 0 saturated heterocycles. The first-order valence-electron chi connectivity index (χ1n) is 4.67. The van der Waals surface area contributed by atoms with Gasteiger partial charge in [0.15, 0.2) is 0 Å². The lowest BCUT2D eigenvalue weighted by Crippen LogP contribution is -2.28. The Morgan fingerprint density at radius 3 is 3.00 bits per heavy atom. The van der Waals surface area contributed by atoms with Crippen LogP contribution >= 0.6 is 11.3 Å². The van der Waals surface area contributed by atoms with Crippen molar-refractivity contribution in [2.24, 2.45) is 11.8 Å². The summed E-state index contributed by atoms with van der Waals surface area (Å²) in [6, 6.07) is 0.262. The fourth-order valence-electron chi connectivity index (χ4n) is 1.50. The van der Waals surface area contributed by atoms with Gasteiger partial charge in [-0.3, -0.25) is 11.3 Å². The fourth-order valence-corrected chi connectivity index (χ4v) is 2.17. The molecule has 1 aromatic rings. The van der Waals surface area contributed by atoms with Crippen molar-refractivity contribution in [2.75, 3.05) is 0 Å². The third-order valence-corrected chi connectivity index (χ3v) is 3.25. The monoisotopic (exact) mass is 197 g/mol. The molecule has 1 aliphatic rings.